The minimum atomic E-state index is -0.946. The number of carboxylic acids is 1. The first-order valence-corrected chi connectivity index (χ1v) is 5.75. The van der Waals surface area contributed by atoms with E-state index in [-0.39, 0.29) is 0 Å². The van der Waals surface area contributed by atoms with Crippen LogP contribution in [-0.2, 0) is 16.1 Å². The Morgan fingerprint density at radius 2 is 2.59 bits per heavy atom. The van der Waals surface area contributed by atoms with Crippen LogP contribution in [0.5, 0.6) is 0 Å². The zero-order valence-electron chi connectivity index (χ0n) is 9.58. The Morgan fingerprint density at radius 3 is 3.29 bits per heavy atom. The molecule has 0 aromatic carbocycles. The van der Waals surface area contributed by atoms with Crippen molar-refractivity contribution in [2.75, 3.05) is 13.2 Å². The lowest BCUT2D eigenvalue weighted by atomic mass is 10.0. The van der Waals surface area contributed by atoms with Crippen LogP contribution >= 0.6 is 0 Å². The molecule has 1 N–H and O–H groups in total. The Balaban J connectivity index is 1.91. The summed E-state index contributed by atoms with van der Waals surface area (Å²) in [6.45, 7) is 2.49. The third-order valence-corrected chi connectivity index (χ3v) is 2.77. The highest BCUT2D eigenvalue weighted by Crippen LogP contribution is 2.15. The van der Waals surface area contributed by atoms with Gasteiger partial charge in [-0.05, 0) is 18.9 Å². The molecule has 5 nitrogen and oxygen atoms in total. The van der Waals surface area contributed by atoms with E-state index in [1.807, 2.05) is 10.9 Å². The Kier molecular flexibility index (Phi) is 3.93. The van der Waals surface area contributed by atoms with Crippen molar-refractivity contribution in [3.63, 3.8) is 0 Å². The van der Waals surface area contributed by atoms with Crippen LogP contribution in [0, 0.1) is 5.92 Å². The van der Waals surface area contributed by atoms with Gasteiger partial charge in [0, 0.05) is 36.9 Å². The molecule has 17 heavy (non-hydrogen) atoms. The number of aliphatic carboxylic acids is 1. The van der Waals surface area contributed by atoms with Crippen LogP contribution in [0.25, 0.3) is 6.08 Å². The highest BCUT2D eigenvalue weighted by atomic mass is 16.5. The third kappa shape index (κ3) is 3.71. The fourth-order valence-electron chi connectivity index (χ4n) is 1.95. The van der Waals surface area contributed by atoms with Crippen molar-refractivity contribution in [2.24, 2.45) is 5.92 Å². The SMILES string of the molecule is O=C(O)/C=C/c1cnn(C[C@H]2CCCOC2)c1. The van der Waals surface area contributed by atoms with Gasteiger partial charge in [-0.1, -0.05) is 0 Å². The summed E-state index contributed by atoms with van der Waals surface area (Å²) in [5, 5.41) is 12.7. The van der Waals surface area contributed by atoms with E-state index in [0.717, 1.165) is 37.8 Å². The maximum Gasteiger partial charge on any atom is 0.328 e. The van der Waals surface area contributed by atoms with Crippen molar-refractivity contribution < 1.29 is 14.6 Å². The first-order valence-electron chi connectivity index (χ1n) is 5.75. The Hall–Kier alpha value is -1.62. The van der Waals surface area contributed by atoms with Crippen LogP contribution in [0.3, 0.4) is 0 Å². The van der Waals surface area contributed by atoms with Crippen molar-refractivity contribution in [1.82, 2.24) is 9.78 Å². The average molecular weight is 236 g/mol. The lowest BCUT2D eigenvalue weighted by molar-refractivity contribution is -0.131. The maximum atomic E-state index is 10.4. The van der Waals surface area contributed by atoms with Crippen LogP contribution < -0.4 is 0 Å². The summed E-state index contributed by atoms with van der Waals surface area (Å²) in [7, 11) is 0. The molecule has 1 aromatic heterocycles. The molecule has 1 aliphatic rings. The Labute approximate surface area is 99.7 Å². The van der Waals surface area contributed by atoms with Gasteiger partial charge in [0.25, 0.3) is 0 Å². The number of rotatable bonds is 4. The molecule has 0 saturated carbocycles. The van der Waals surface area contributed by atoms with Crippen LogP contribution in [-0.4, -0.2) is 34.1 Å². The van der Waals surface area contributed by atoms with Crippen LogP contribution in [0.4, 0.5) is 0 Å². The zero-order valence-corrected chi connectivity index (χ0v) is 9.58. The van der Waals surface area contributed by atoms with E-state index in [1.165, 1.54) is 6.42 Å². The standard InChI is InChI=1S/C12H16N2O3/c15-12(16)4-3-10-6-13-14(7-10)8-11-2-1-5-17-9-11/h3-4,6-7,11H,1-2,5,8-9H2,(H,15,16)/b4-3+/t11-/m1/s1. The molecule has 1 saturated heterocycles. The average Bonchev–Trinajstić information content (AvgIpc) is 2.75. The lowest BCUT2D eigenvalue weighted by Gasteiger charge is -2.21. The second-order valence-corrected chi connectivity index (χ2v) is 4.25. The van der Waals surface area contributed by atoms with E-state index in [2.05, 4.69) is 5.10 Å². The highest BCUT2D eigenvalue weighted by molar-refractivity contribution is 5.85. The minimum Gasteiger partial charge on any atom is -0.478 e. The molecular formula is C12H16N2O3. The van der Waals surface area contributed by atoms with Crippen LogP contribution in [0.1, 0.15) is 18.4 Å². The maximum absolute atomic E-state index is 10.4. The monoisotopic (exact) mass is 236 g/mol. The fourth-order valence-corrected chi connectivity index (χ4v) is 1.95. The predicted molar refractivity (Wildman–Crippen MR) is 62.4 cm³/mol. The molecule has 1 fully saturated rings. The number of ether oxygens (including phenoxy) is 1. The normalized spacial score (nSPS) is 20.8. The van der Waals surface area contributed by atoms with Gasteiger partial charge in [-0.25, -0.2) is 4.79 Å². The fraction of sp³-hybridized carbons (Fsp3) is 0.500. The minimum absolute atomic E-state index is 0.514. The quantitative estimate of drug-likeness (QED) is 0.803. The molecule has 5 heteroatoms. The van der Waals surface area contributed by atoms with Gasteiger partial charge in [0.05, 0.1) is 12.8 Å². The number of hydrogen-bond acceptors (Lipinski definition) is 3. The Morgan fingerprint density at radius 1 is 1.71 bits per heavy atom. The van der Waals surface area contributed by atoms with Gasteiger partial charge in [0.15, 0.2) is 0 Å². The van der Waals surface area contributed by atoms with Crippen molar-refractivity contribution >= 4 is 12.0 Å². The number of carboxylic acid groups (broad SMARTS) is 1. The van der Waals surface area contributed by atoms with Crippen molar-refractivity contribution in [3.8, 4) is 0 Å². The largest absolute Gasteiger partial charge is 0.478 e. The van der Waals surface area contributed by atoms with E-state index >= 15 is 0 Å². The molecule has 0 bridgehead atoms. The number of carbonyl (C=O) groups is 1. The molecule has 0 radical (unpaired) electrons. The second-order valence-electron chi connectivity index (χ2n) is 4.25. The molecule has 1 atom stereocenters. The summed E-state index contributed by atoms with van der Waals surface area (Å²) >= 11 is 0. The van der Waals surface area contributed by atoms with E-state index < -0.39 is 5.97 Å². The summed E-state index contributed by atoms with van der Waals surface area (Å²) in [5.74, 6) is -0.432. The van der Waals surface area contributed by atoms with Gasteiger partial charge in [0.1, 0.15) is 0 Å². The first kappa shape index (κ1) is 11.9. The second kappa shape index (κ2) is 5.63. The lowest BCUT2D eigenvalue weighted by Crippen LogP contribution is -2.22. The summed E-state index contributed by atoms with van der Waals surface area (Å²) < 4.78 is 7.26. The smallest absolute Gasteiger partial charge is 0.328 e. The van der Waals surface area contributed by atoms with Gasteiger partial charge in [-0.15, -0.1) is 0 Å². The van der Waals surface area contributed by atoms with Gasteiger partial charge < -0.3 is 9.84 Å². The summed E-state index contributed by atoms with van der Waals surface area (Å²) in [6.07, 6.45) is 8.46. The molecule has 1 aromatic rings. The first-order chi connectivity index (χ1) is 8.24. The molecule has 92 valence electrons. The van der Waals surface area contributed by atoms with Crippen LogP contribution in [0.15, 0.2) is 18.5 Å². The summed E-state index contributed by atoms with van der Waals surface area (Å²) in [5.41, 5.74) is 0.809. The van der Waals surface area contributed by atoms with Gasteiger partial charge in [-0.3, -0.25) is 4.68 Å². The number of nitrogens with zero attached hydrogens (tertiary/aromatic N) is 2. The molecular weight excluding hydrogens is 220 g/mol. The molecule has 2 rings (SSSR count). The van der Waals surface area contributed by atoms with Gasteiger partial charge in [-0.2, -0.15) is 5.10 Å². The van der Waals surface area contributed by atoms with E-state index in [4.69, 9.17) is 9.84 Å². The molecule has 2 heterocycles. The van der Waals surface area contributed by atoms with Crippen molar-refractivity contribution in [3.05, 3.63) is 24.0 Å². The summed E-state index contributed by atoms with van der Waals surface area (Å²) in [6, 6.07) is 0. The van der Waals surface area contributed by atoms with Crippen molar-refractivity contribution in [1.29, 1.82) is 0 Å². The van der Waals surface area contributed by atoms with Gasteiger partial charge >= 0.3 is 5.97 Å². The molecule has 0 aliphatic carbocycles. The van der Waals surface area contributed by atoms with E-state index in [1.54, 1.807) is 12.3 Å². The number of hydrogen-bond donors (Lipinski definition) is 1. The molecule has 0 spiro atoms. The van der Waals surface area contributed by atoms with Crippen LogP contribution in [0.2, 0.25) is 0 Å². The number of aromatic nitrogens is 2. The molecule has 0 amide bonds. The van der Waals surface area contributed by atoms with E-state index in [9.17, 15) is 4.79 Å². The van der Waals surface area contributed by atoms with Crippen molar-refractivity contribution in [2.45, 2.75) is 19.4 Å². The highest BCUT2D eigenvalue weighted by Gasteiger charge is 2.14. The Bertz CT molecular complexity index is 406. The summed E-state index contributed by atoms with van der Waals surface area (Å²) in [4.78, 5) is 10.4. The van der Waals surface area contributed by atoms with Gasteiger partial charge in [0.2, 0.25) is 0 Å². The zero-order chi connectivity index (χ0) is 12.1. The van der Waals surface area contributed by atoms with E-state index in [0.29, 0.717) is 5.92 Å². The topological polar surface area (TPSA) is 64.3 Å². The predicted octanol–water partition coefficient (Wildman–Crippen LogP) is 1.41. The molecule has 0 unspecified atom stereocenters. The molecule has 1 aliphatic heterocycles. The third-order valence-electron chi connectivity index (χ3n) is 2.77.